The third-order valence-corrected chi connectivity index (χ3v) is 5.02. The van der Waals surface area contributed by atoms with Crippen LogP contribution >= 0.6 is 11.6 Å². The van der Waals surface area contributed by atoms with E-state index in [0.717, 1.165) is 5.56 Å². The molecule has 3 nitrogen and oxygen atoms in total. The molecule has 0 saturated carbocycles. The van der Waals surface area contributed by atoms with E-state index in [1.807, 2.05) is 24.3 Å². The Kier molecular flexibility index (Phi) is 6.37. The Morgan fingerprint density at radius 3 is 2.27 bits per heavy atom. The topological polar surface area (TPSA) is 46.2 Å². The van der Waals surface area contributed by atoms with E-state index in [0.29, 0.717) is 16.8 Å². The van der Waals surface area contributed by atoms with Crippen LogP contribution < -0.4 is 5.32 Å². The highest BCUT2D eigenvalue weighted by atomic mass is 35.5. The first-order valence-electron chi connectivity index (χ1n) is 9.62. The van der Waals surface area contributed by atoms with Gasteiger partial charge in [-0.3, -0.25) is 9.59 Å². The number of ketones is 1. The summed E-state index contributed by atoms with van der Waals surface area (Å²) in [5.41, 5.74) is 2.93. The summed E-state index contributed by atoms with van der Waals surface area (Å²) in [5.74, 6) is -1.04. The molecule has 5 heteroatoms. The summed E-state index contributed by atoms with van der Waals surface area (Å²) in [7, 11) is 0. The van der Waals surface area contributed by atoms with E-state index in [2.05, 4.69) is 26.1 Å². The SMILES string of the molecule is CC(C)(C)c1ccc(C(=O)c2cccc(NC(=O)Cc3ccc(Cl)cc3F)c2)cc1. The van der Waals surface area contributed by atoms with Crippen molar-refractivity contribution in [1.82, 2.24) is 0 Å². The van der Waals surface area contributed by atoms with Crippen LogP contribution in [0.25, 0.3) is 0 Å². The molecule has 0 heterocycles. The molecule has 0 aromatic heterocycles. The Morgan fingerprint density at radius 2 is 1.63 bits per heavy atom. The van der Waals surface area contributed by atoms with Gasteiger partial charge in [-0.05, 0) is 40.8 Å². The number of hydrogen-bond donors (Lipinski definition) is 1. The van der Waals surface area contributed by atoms with E-state index in [1.165, 1.54) is 18.2 Å². The van der Waals surface area contributed by atoms with Gasteiger partial charge in [0.1, 0.15) is 5.82 Å². The van der Waals surface area contributed by atoms with Gasteiger partial charge in [0.25, 0.3) is 0 Å². The van der Waals surface area contributed by atoms with E-state index in [4.69, 9.17) is 11.6 Å². The van der Waals surface area contributed by atoms with Gasteiger partial charge in [-0.15, -0.1) is 0 Å². The maximum atomic E-state index is 13.9. The second-order valence-electron chi connectivity index (χ2n) is 8.20. The van der Waals surface area contributed by atoms with Crippen LogP contribution in [-0.4, -0.2) is 11.7 Å². The summed E-state index contributed by atoms with van der Waals surface area (Å²) >= 11 is 5.74. The van der Waals surface area contributed by atoms with E-state index in [9.17, 15) is 14.0 Å². The Labute approximate surface area is 180 Å². The molecule has 30 heavy (non-hydrogen) atoms. The number of carbonyl (C=O) groups excluding carboxylic acids is 2. The molecule has 0 unspecified atom stereocenters. The summed E-state index contributed by atoms with van der Waals surface area (Å²) in [4.78, 5) is 25.1. The number of anilines is 1. The number of hydrogen-bond acceptors (Lipinski definition) is 2. The summed E-state index contributed by atoms with van der Waals surface area (Å²) in [5, 5.41) is 2.99. The smallest absolute Gasteiger partial charge is 0.228 e. The maximum absolute atomic E-state index is 13.9. The molecule has 0 radical (unpaired) electrons. The Balaban J connectivity index is 1.72. The first kappa shape index (κ1) is 21.7. The predicted octanol–water partition coefficient (Wildman–Crippen LogP) is 6.19. The van der Waals surface area contributed by atoms with Crippen molar-refractivity contribution in [2.45, 2.75) is 32.6 Å². The van der Waals surface area contributed by atoms with Gasteiger partial charge in [0.2, 0.25) is 5.91 Å². The van der Waals surface area contributed by atoms with Crippen LogP contribution in [0.5, 0.6) is 0 Å². The van der Waals surface area contributed by atoms with Crippen LogP contribution in [0.3, 0.4) is 0 Å². The zero-order valence-corrected chi connectivity index (χ0v) is 17.9. The summed E-state index contributed by atoms with van der Waals surface area (Å²) < 4.78 is 13.9. The minimum Gasteiger partial charge on any atom is -0.326 e. The molecule has 0 fully saturated rings. The standard InChI is InChI=1S/C25H23ClFNO2/c1-25(2,3)19-10-7-16(8-11-19)24(30)18-5-4-6-21(13-18)28-23(29)14-17-9-12-20(26)15-22(17)27/h4-13,15H,14H2,1-3H3,(H,28,29). The molecule has 3 aromatic carbocycles. The van der Waals surface area contributed by atoms with Crippen molar-refractivity contribution in [3.05, 3.63) is 99.8 Å². The number of nitrogens with one attached hydrogen (secondary N) is 1. The lowest BCUT2D eigenvalue weighted by Crippen LogP contribution is -2.15. The highest BCUT2D eigenvalue weighted by Gasteiger charge is 2.16. The molecule has 1 N–H and O–H groups in total. The number of carbonyl (C=O) groups is 2. The van der Waals surface area contributed by atoms with Gasteiger partial charge in [-0.25, -0.2) is 4.39 Å². The van der Waals surface area contributed by atoms with Gasteiger partial charge in [-0.1, -0.05) is 74.8 Å². The van der Waals surface area contributed by atoms with E-state index in [-0.39, 0.29) is 34.1 Å². The monoisotopic (exact) mass is 423 g/mol. The summed E-state index contributed by atoms with van der Waals surface area (Å²) in [6, 6.07) is 18.5. The second-order valence-corrected chi connectivity index (χ2v) is 8.63. The zero-order chi connectivity index (χ0) is 21.9. The molecule has 3 rings (SSSR count). The molecule has 0 spiro atoms. The van der Waals surface area contributed by atoms with Crippen molar-refractivity contribution in [2.75, 3.05) is 5.32 Å². The number of halogens is 2. The summed E-state index contributed by atoms with van der Waals surface area (Å²) in [6.45, 7) is 6.35. The van der Waals surface area contributed by atoms with Crippen LogP contribution in [0.15, 0.2) is 66.7 Å². The lowest BCUT2D eigenvalue weighted by Gasteiger charge is -2.19. The van der Waals surface area contributed by atoms with Crippen LogP contribution in [0, 0.1) is 5.82 Å². The van der Waals surface area contributed by atoms with Crippen LogP contribution in [-0.2, 0) is 16.6 Å². The van der Waals surface area contributed by atoms with Crippen molar-refractivity contribution in [3.8, 4) is 0 Å². The van der Waals surface area contributed by atoms with Gasteiger partial charge < -0.3 is 5.32 Å². The minimum absolute atomic E-state index is 0.00926. The molecule has 0 aliphatic carbocycles. The molecule has 0 saturated heterocycles. The first-order valence-corrected chi connectivity index (χ1v) is 10.0. The third kappa shape index (κ3) is 5.33. The molecule has 3 aromatic rings. The van der Waals surface area contributed by atoms with Crippen molar-refractivity contribution in [1.29, 1.82) is 0 Å². The first-order chi connectivity index (χ1) is 14.1. The lowest BCUT2D eigenvalue weighted by atomic mass is 9.86. The van der Waals surface area contributed by atoms with Crippen molar-refractivity contribution >= 4 is 29.0 Å². The average Bonchev–Trinajstić information content (AvgIpc) is 2.69. The van der Waals surface area contributed by atoms with Crippen molar-refractivity contribution in [3.63, 3.8) is 0 Å². The normalized spacial score (nSPS) is 11.2. The number of rotatable bonds is 5. The predicted molar refractivity (Wildman–Crippen MR) is 119 cm³/mol. The highest BCUT2D eigenvalue weighted by molar-refractivity contribution is 6.30. The molecule has 0 atom stereocenters. The molecule has 0 bridgehead atoms. The van der Waals surface area contributed by atoms with Gasteiger partial charge in [-0.2, -0.15) is 0 Å². The molecular formula is C25H23ClFNO2. The van der Waals surface area contributed by atoms with Crippen molar-refractivity contribution < 1.29 is 14.0 Å². The molecular weight excluding hydrogens is 401 g/mol. The minimum atomic E-state index is -0.528. The second kappa shape index (κ2) is 8.80. The fourth-order valence-electron chi connectivity index (χ4n) is 3.07. The van der Waals surface area contributed by atoms with Crippen molar-refractivity contribution in [2.24, 2.45) is 0 Å². The molecule has 0 aliphatic heterocycles. The molecule has 0 aliphatic rings. The van der Waals surface area contributed by atoms with Gasteiger partial charge in [0, 0.05) is 21.8 Å². The fraction of sp³-hybridized carbons (Fsp3) is 0.200. The van der Waals surface area contributed by atoms with Gasteiger partial charge >= 0.3 is 0 Å². The van der Waals surface area contributed by atoms with Crippen LogP contribution in [0.4, 0.5) is 10.1 Å². The van der Waals surface area contributed by atoms with E-state index in [1.54, 1.807) is 24.3 Å². The van der Waals surface area contributed by atoms with Crippen LogP contribution in [0.2, 0.25) is 5.02 Å². The average molecular weight is 424 g/mol. The Hall–Kier alpha value is -2.98. The Bertz CT molecular complexity index is 1090. The molecule has 154 valence electrons. The Morgan fingerprint density at radius 1 is 0.933 bits per heavy atom. The van der Waals surface area contributed by atoms with E-state index >= 15 is 0 Å². The van der Waals surface area contributed by atoms with E-state index < -0.39 is 5.82 Å². The lowest BCUT2D eigenvalue weighted by molar-refractivity contribution is -0.115. The highest BCUT2D eigenvalue weighted by Crippen LogP contribution is 2.23. The summed E-state index contributed by atoms with van der Waals surface area (Å²) in [6.07, 6.45) is -0.130. The van der Waals surface area contributed by atoms with Gasteiger partial charge in [0.15, 0.2) is 5.78 Å². The number of amides is 1. The maximum Gasteiger partial charge on any atom is 0.228 e. The molecule has 1 amide bonds. The largest absolute Gasteiger partial charge is 0.326 e. The fourth-order valence-corrected chi connectivity index (χ4v) is 3.23. The van der Waals surface area contributed by atoms with Crippen LogP contribution in [0.1, 0.15) is 47.8 Å². The van der Waals surface area contributed by atoms with Gasteiger partial charge in [0.05, 0.1) is 6.42 Å². The third-order valence-electron chi connectivity index (χ3n) is 4.79. The number of benzene rings is 3. The quantitative estimate of drug-likeness (QED) is 0.497. The zero-order valence-electron chi connectivity index (χ0n) is 17.1.